The molecule has 3 rings (SSSR count). The van der Waals surface area contributed by atoms with Crippen LogP contribution in [-0.2, 0) is 5.75 Å². The number of aromatic hydroxyl groups is 1. The van der Waals surface area contributed by atoms with Crippen molar-refractivity contribution in [2.45, 2.75) is 10.6 Å². The van der Waals surface area contributed by atoms with Gasteiger partial charge in [-0.05, 0) is 29.1 Å². The highest BCUT2D eigenvalue weighted by atomic mass is 32.2. The number of hydrogen-bond donors (Lipinski definition) is 3. The van der Waals surface area contributed by atoms with Crippen molar-refractivity contribution in [1.82, 2.24) is 4.98 Å². The van der Waals surface area contributed by atoms with E-state index in [-0.39, 0.29) is 0 Å². The zero-order valence-electron chi connectivity index (χ0n) is 11.3. The Balaban J connectivity index is 1.83. The normalized spacial score (nSPS) is 10.7. The highest BCUT2D eigenvalue weighted by Gasteiger charge is 2.05. The molecule has 0 amide bonds. The van der Waals surface area contributed by atoms with Crippen molar-refractivity contribution < 1.29 is 5.11 Å². The van der Waals surface area contributed by atoms with Gasteiger partial charge in [0, 0.05) is 22.2 Å². The van der Waals surface area contributed by atoms with Crippen LogP contribution in [0.3, 0.4) is 0 Å². The highest BCUT2D eigenvalue weighted by molar-refractivity contribution is 7.98. The number of benzene rings is 2. The lowest BCUT2D eigenvalue weighted by Crippen LogP contribution is -2.08. The number of aromatic nitrogens is 1. The molecular formula is C16H15N3OS. The van der Waals surface area contributed by atoms with Gasteiger partial charge in [-0.25, -0.2) is 10.8 Å². The lowest BCUT2D eigenvalue weighted by atomic mass is 10.1. The summed E-state index contributed by atoms with van der Waals surface area (Å²) in [6, 6.07) is 15.4. The summed E-state index contributed by atoms with van der Waals surface area (Å²) in [5, 5.41) is 11.8. The second kappa shape index (κ2) is 6.03. The smallest absolute Gasteiger partial charge is 0.139 e. The third-order valence-electron chi connectivity index (χ3n) is 3.23. The second-order valence-electron chi connectivity index (χ2n) is 4.61. The number of rotatable bonds is 4. The molecule has 2 aromatic carbocycles. The van der Waals surface area contributed by atoms with Crippen LogP contribution in [0.15, 0.2) is 59.6 Å². The third kappa shape index (κ3) is 2.94. The van der Waals surface area contributed by atoms with Crippen molar-refractivity contribution in [3.05, 3.63) is 60.3 Å². The standard InChI is InChI=1S/C16H15N3OS/c17-19-16-8-5-11(9-18-16)10-21-15-7-6-14(20)12-3-1-2-4-13(12)15/h1-9,20H,10,17H2,(H,18,19). The Morgan fingerprint density at radius 1 is 1.05 bits per heavy atom. The molecule has 0 radical (unpaired) electrons. The van der Waals surface area contributed by atoms with Gasteiger partial charge >= 0.3 is 0 Å². The molecule has 0 aliphatic heterocycles. The van der Waals surface area contributed by atoms with Crippen molar-refractivity contribution in [1.29, 1.82) is 0 Å². The summed E-state index contributed by atoms with van der Waals surface area (Å²) >= 11 is 1.72. The van der Waals surface area contributed by atoms with E-state index in [0.717, 1.165) is 27.0 Å². The Kier molecular flexibility index (Phi) is 3.94. The topological polar surface area (TPSA) is 71.2 Å². The monoisotopic (exact) mass is 297 g/mol. The Hall–Kier alpha value is -2.24. The number of nitrogens with two attached hydrogens (primary N) is 1. The van der Waals surface area contributed by atoms with Crippen molar-refractivity contribution in [2.24, 2.45) is 5.84 Å². The van der Waals surface area contributed by atoms with E-state index in [9.17, 15) is 5.11 Å². The largest absolute Gasteiger partial charge is 0.507 e. The number of phenols is 1. The maximum absolute atomic E-state index is 9.90. The van der Waals surface area contributed by atoms with Gasteiger partial charge in [-0.3, -0.25) is 0 Å². The summed E-state index contributed by atoms with van der Waals surface area (Å²) < 4.78 is 0. The fraction of sp³-hybridized carbons (Fsp3) is 0.0625. The van der Waals surface area contributed by atoms with Gasteiger partial charge in [0.1, 0.15) is 11.6 Å². The first kappa shape index (κ1) is 13.7. The predicted octanol–water partition coefficient (Wildman–Crippen LogP) is 3.52. The molecule has 0 saturated carbocycles. The van der Waals surface area contributed by atoms with Crippen molar-refractivity contribution in [3.8, 4) is 5.75 Å². The molecule has 0 unspecified atom stereocenters. The molecule has 4 N–H and O–H groups in total. The highest BCUT2D eigenvalue weighted by Crippen LogP contribution is 2.34. The molecule has 0 fully saturated rings. The lowest BCUT2D eigenvalue weighted by Gasteiger charge is -2.08. The van der Waals surface area contributed by atoms with Gasteiger partial charge in [-0.1, -0.05) is 30.3 Å². The van der Waals surface area contributed by atoms with Crippen LogP contribution in [0, 0.1) is 0 Å². The number of fused-ring (bicyclic) bond motifs is 1. The van der Waals surface area contributed by atoms with Gasteiger partial charge in [0.2, 0.25) is 0 Å². The van der Waals surface area contributed by atoms with E-state index in [1.807, 2.05) is 48.7 Å². The van der Waals surface area contributed by atoms with E-state index in [1.54, 1.807) is 17.8 Å². The number of hydrazine groups is 1. The molecular weight excluding hydrogens is 282 g/mol. The van der Waals surface area contributed by atoms with E-state index < -0.39 is 0 Å². The zero-order chi connectivity index (χ0) is 14.7. The molecule has 0 aliphatic rings. The molecule has 0 bridgehead atoms. The first-order valence-corrected chi connectivity index (χ1v) is 7.51. The summed E-state index contributed by atoms with van der Waals surface area (Å²) in [4.78, 5) is 5.34. The SMILES string of the molecule is NNc1ccc(CSc2ccc(O)c3ccccc23)cn1. The number of nitrogens with one attached hydrogen (secondary N) is 1. The van der Waals surface area contributed by atoms with E-state index in [0.29, 0.717) is 11.6 Å². The number of hydrogen-bond acceptors (Lipinski definition) is 5. The molecule has 0 atom stereocenters. The van der Waals surface area contributed by atoms with Gasteiger partial charge in [-0.15, -0.1) is 11.8 Å². The molecule has 1 heterocycles. The van der Waals surface area contributed by atoms with E-state index in [1.165, 1.54) is 0 Å². The maximum Gasteiger partial charge on any atom is 0.139 e. The predicted molar refractivity (Wildman–Crippen MR) is 87.2 cm³/mol. The summed E-state index contributed by atoms with van der Waals surface area (Å²) in [5.74, 6) is 7.08. The minimum absolute atomic E-state index is 0.315. The molecule has 5 heteroatoms. The number of nitrogen functional groups attached to an aromatic ring is 1. The van der Waals surface area contributed by atoms with Gasteiger partial charge < -0.3 is 10.5 Å². The van der Waals surface area contributed by atoms with Crippen LogP contribution in [0.2, 0.25) is 0 Å². The van der Waals surface area contributed by atoms with E-state index in [2.05, 4.69) is 10.4 Å². The quantitative estimate of drug-likeness (QED) is 0.390. The Bertz CT molecular complexity index is 759. The number of thioether (sulfide) groups is 1. The second-order valence-corrected chi connectivity index (χ2v) is 5.63. The summed E-state index contributed by atoms with van der Waals surface area (Å²) in [6.45, 7) is 0. The average Bonchev–Trinajstić information content (AvgIpc) is 2.55. The fourth-order valence-electron chi connectivity index (χ4n) is 2.14. The van der Waals surface area contributed by atoms with Crippen LogP contribution in [0.5, 0.6) is 5.75 Å². The molecule has 21 heavy (non-hydrogen) atoms. The maximum atomic E-state index is 9.90. The number of phenolic OH excluding ortho intramolecular Hbond substituents is 1. The molecule has 1 aromatic heterocycles. The Morgan fingerprint density at radius 2 is 1.86 bits per heavy atom. The molecule has 4 nitrogen and oxygen atoms in total. The fourth-order valence-corrected chi connectivity index (χ4v) is 3.13. The van der Waals surface area contributed by atoms with Crippen LogP contribution in [-0.4, -0.2) is 10.1 Å². The number of nitrogens with zero attached hydrogens (tertiary/aromatic N) is 1. The van der Waals surface area contributed by atoms with Crippen LogP contribution in [0.1, 0.15) is 5.56 Å². The van der Waals surface area contributed by atoms with Crippen molar-refractivity contribution in [3.63, 3.8) is 0 Å². The summed E-state index contributed by atoms with van der Waals surface area (Å²) in [5.41, 5.74) is 3.63. The van der Waals surface area contributed by atoms with Crippen LogP contribution in [0.4, 0.5) is 5.82 Å². The van der Waals surface area contributed by atoms with Crippen LogP contribution in [0.25, 0.3) is 10.8 Å². The average molecular weight is 297 g/mol. The summed E-state index contributed by atoms with van der Waals surface area (Å²) in [6.07, 6.45) is 1.81. The van der Waals surface area contributed by atoms with Gasteiger partial charge in [0.05, 0.1) is 0 Å². The Labute approximate surface area is 127 Å². The van der Waals surface area contributed by atoms with Crippen molar-refractivity contribution in [2.75, 3.05) is 5.43 Å². The third-order valence-corrected chi connectivity index (χ3v) is 4.37. The van der Waals surface area contributed by atoms with Gasteiger partial charge in [-0.2, -0.15) is 0 Å². The number of pyridine rings is 1. The van der Waals surface area contributed by atoms with Crippen molar-refractivity contribution >= 4 is 28.4 Å². The molecule has 106 valence electrons. The molecule has 0 saturated heterocycles. The van der Waals surface area contributed by atoms with Crippen LogP contribution >= 0.6 is 11.8 Å². The minimum Gasteiger partial charge on any atom is -0.507 e. The van der Waals surface area contributed by atoms with E-state index in [4.69, 9.17) is 5.84 Å². The van der Waals surface area contributed by atoms with Gasteiger partial charge in [0.15, 0.2) is 0 Å². The molecule has 0 spiro atoms. The molecule has 0 aliphatic carbocycles. The van der Waals surface area contributed by atoms with Gasteiger partial charge in [0.25, 0.3) is 0 Å². The van der Waals surface area contributed by atoms with E-state index >= 15 is 0 Å². The summed E-state index contributed by atoms with van der Waals surface area (Å²) in [7, 11) is 0. The molecule has 3 aromatic rings. The lowest BCUT2D eigenvalue weighted by molar-refractivity contribution is 0.481. The minimum atomic E-state index is 0.315. The first-order chi connectivity index (χ1) is 10.3. The number of anilines is 1. The van der Waals surface area contributed by atoms with Crippen LogP contribution < -0.4 is 11.3 Å². The first-order valence-electron chi connectivity index (χ1n) is 6.53. The zero-order valence-corrected chi connectivity index (χ0v) is 12.1. The Morgan fingerprint density at radius 3 is 2.57 bits per heavy atom.